The quantitative estimate of drug-likeness (QED) is 0.158. The minimum absolute atomic E-state index is 0.400. The van der Waals surface area contributed by atoms with Crippen LogP contribution in [0.15, 0.2) is 194 Å². The van der Waals surface area contributed by atoms with Gasteiger partial charge in [-0.05, 0) is 59.7 Å². The fourth-order valence-electron chi connectivity index (χ4n) is 8.81. The Morgan fingerprint density at radius 1 is 0.467 bits per heavy atom. The summed E-state index contributed by atoms with van der Waals surface area (Å²) in [4.78, 5) is 14.3. The van der Waals surface area contributed by atoms with E-state index in [1.54, 1.807) is 0 Å². The fraction of sp³-hybridized carbons (Fsp3) is 0. The molecule has 6 nitrogen and oxygen atoms in total. The van der Waals surface area contributed by atoms with Gasteiger partial charge in [-0.1, -0.05) is 146 Å². The van der Waals surface area contributed by atoms with E-state index in [2.05, 4.69) is 123 Å². The van der Waals surface area contributed by atoms with E-state index in [0.717, 1.165) is 77.2 Å². The van der Waals surface area contributed by atoms with Crippen molar-refractivity contribution in [1.82, 2.24) is 19.1 Å². The first-order chi connectivity index (χ1) is 29.7. The van der Waals surface area contributed by atoms with E-state index in [9.17, 15) is 5.26 Å². The van der Waals surface area contributed by atoms with E-state index in [1.807, 2.05) is 91.0 Å². The maximum Gasteiger partial charge on any atom is 0.195 e. The normalized spacial score (nSPS) is 11.3. The second kappa shape index (κ2) is 14.1. The van der Waals surface area contributed by atoms with Gasteiger partial charge in [-0.15, -0.1) is 0 Å². The molecular formula is C54H32N6. The van der Waals surface area contributed by atoms with Crippen LogP contribution < -0.4 is 0 Å². The molecular weight excluding hydrogens is 733 g/mol. The Balaban J connectivity index is 1.23. The highest BCUT2D eigenvalue weighted by molar-refractivity contribution is 6.30. The van der Waals surface area contributed by atoms with Crippen LogP contribution >= 0.6 is 0 Å². The molecule has 0 N–H and O–H groups in total. The molecule has 0 bridgehead atoms. The number of hydrogen-bond donors (Lipinski definition) is 0. The summed E-state index contributed by atoms with van der Waals surface area (Å²) in [6.07, 6.45) is 0. The molecule has 0 aliphatic rings. The van der Waals surface area contributed by atoms with Crippen LogP contribution in [0.5, 0.6) is 0 Å². The summed E-state index contributed by atoms with van der Waals surface area (Å²) < 4.78 is 4.72. The zero-order chi connectivity index (χ0) is 40.2. The molecule has 3 aromatic heterocycles. The first-order valence-electron chi connectivity index (χ1n) is 19.8. The summed E-state index contributed by atoms with van der Waals surface area (Å²) in [5.74, 6) is 0.439. The summed E-state index contributed by atoms with van der Waals surface area (Å²) in [5, 5.41) is 15.0. The fourth-order valence-corrected chi connectivity index (χ4v) is 8.81. The Hall–Kier alpha value is -8.58. The molecule has 0 aliphatic carbocycles. The SMILES string of the molecule is [C-]#[N+]c1cc(-c2nc(-c3ccccc3)c(C#N)c(-c3ccccc3)n2)ccc1-c1cc2c(c3ccccc3n2-c2ccccc2)c2c1c1ccccc1n2-c1ccccc1. The van der Waals surface area contributed by atoms with E-state index in [1.165, 1.54) is 0 Å². The van der Waals surface area contributed by atoms with Gasteiger partial charge in [-0.2, -0.15) is 5.26 Å². The third-order valence-electron chi connectivity index (χ3n) is 11.4. The average Bonchev–Trinajstić information content (AvgIpc) is 3.85. The zero-order valence-electron chi connectivity index (χ0n) is 32.2. The monoisotopic (exact) mass is 764 g/mol. The Morgan fingerprint density at radius 2 is 0.967 bits per heavy atom. The van der Waals surface area contributed by atoms with Crippen molar-refractivity contribution in [3.63, 3.8) is 0 Å². The van der Waals surface area contributed by atoms with Crippen molar-refractivity contribution >= 4 is 49.3 Å². The Labute approximate surface area is 346 Å². The van der Waals surface area contributed by atoms with Crippen LogP contribution in [0, 0.1) is 17.9 Å². The van der Waals surface area contributed by atoms with Gasteiger partial charge in [-0.3, -0.25) is 0 Å². The van der Waals surface area contributed by atoms with Gasteiger partial charge in [0.1, 0.15) is 11.6 Å². The van der Waals surface area contributed by atoms with E-state index in [-0.39, 0.29) is 0 Å². The lowest BCUT2D eigenvalue weighted by atomic mass is 9.94. The Morgan fingerprint density at radius 3 is 1.53 bits per heavy atom. The molecule has 0 saturated carbocycles. The summed E-state index contributed by atoms with van der Waals surface area (Å²) >= 11 is 0. The van der Waals surface area contributed by atoms with Gasteiger partial charge in [0.25, 0.3) is 0 Å². The second-order valence-corrected chi connectivity index (χ2v) is 14.7. The van der Waals surface area contributed by atoms with Crippen molar-refractivity contribution in [2.45, 2.75) is 0 Å². The lowest BCUT2D eigenvalue weighted by Gasteiger charge is -2.15. The van der Waals surface area contributed by atoms with Gasteiger partial charge in [0.15, 0.2) is 11.5 Å². The average molecular weight is 765 g/mol. The minimum Gasteiger partial charge on any atom is -0.309 e. The van der Waals surface area contributed by atoms with Crippen LogP contribution in [0.4, 0.5) is 5.69 Å². The molecule has 0 saturated heterocycles. The van der Waals surface area contributed by atoms with Crippen molar-refractivity contribution in [2.24, 2.45) is 0 Å². The lowest BCUT2D eigenvalue weighted by molar-refractivity contribution is 1.17. The van der Waals surface area contributed by atoms with Gasteiger partial charge in [-0.25, -0.2) is 14.8 Å². The number of benzene rings is 8. The van der Waals surface area contributed by atoms with Crippen LogP contribution in [0.3, 0.4) is 0 Å². The highest BCUT2D eigenvalue weighted by Gasteiger charge is 2.26. The molecule has 8 aromatic carbocycles. The molecule has 278 valence electrons. The number of hydrogen-bond acceptors (Lipinski definition) is 3. The van der Waals surface area contributed by atoms with E-state index < -0.39 is 0 Å². The Kier molecular flexibility index (Phi) is 8.15. The summed E-state index contributed by atoms with van der Waals surface area (Å²) in [5.41, 5.74) is 12.5. The molecule has 11 rings (SSSR count). The molecule has 0 atom stereocenters. The molecule has 11 aromatic rings. The molecule has 0 aliphatic heterocycles. The lowest BCUT2D eigenvalue weighted by Crippen LogP contribution is -2.01. The van der Waals surface area contributed by atoms with Gasteiger partial charge in [0, 0.05) is 49.6 Å². The van der Waals surface area contributed by atoms with Crippen LogP contribution in [-0.2, 0) is 0 Å². The smallest absolute Gasteiger partial charge is 0.195 e. The summed E-state index contributed by atoms with van der Waals surface area (Å²) in [6.45, 7) is 8.68. The van der Waals surface area contributed by atoms with Crippen LogP contribution in [0.25, 0.3) is 105 Å². The Bertz CT molecular complexity index is 3480. The van der Waals surface area contributed by atoms with Gasteiger partial charge < -0.3 is 9.13 Å². The topological polar surface area (TPSA) is 63.8 Å². The molecule has 3 heterocycles. The second-order valence-electron chi connectivity index (χ2n) is 14.7. The van der Waals surface area contributed by atoms with Crippen molar-refractivity contribution in [1.29, 1.82) is 5.26 Å². The predicted molar refractivity (Wildman–Crippen MR) is 243 cm³/mol. The first-order valence-corrected chi connectivity index (χ1v) is 19.8. The molecule has 0 unspecified atom stereocenters. The summed E-state index contributed by atoms with van der Waals surface area (Å²) in [7, 11) is 0. The molecule has 0 amide bonds. The third kappa shape index (κ3) is 5.40. The van der Waals surface area contributed by atoms with Crippen molar-refractivity contribution in [3.05, 3.63) is 211 Å². The van der Waals surface area contributed by atoms with Gasteiger partial charge in [0.2, 0.25) is 0 Å². The van der Waals surface area contributed by atoms with Crippen molar-refractivity contribution in [2.75, 3.05) is 0 Å². The van der Waals surface area contributed by atoms with Crippen molar-refractivity contribution in [3.8, 4) is 62.5 Å². The number of fused-ring (bicyclic) bond motifs is 7. The number of nitriles is 1. The molecule has 60 heavy (non-hydrogen) atoms. The maximum absolute atomic E-state index is 10.5. The third-order valence-corrected chi connectivity index (χ3v) is 11.4. The van der Waals surface area contributed by atoms with Gasteiger partial charge >= 0.3 is 0 Å². The summed E-state index contributed by atoms with van der Waals surface area (Å²) in [6, 6.07) is 68.3. The van der Waals surface area contributed by atoms with Crippen LogP contribution in [-0.4, -0.2) is 19.1 Å². The van der Waals surface area contributed by atoms with Crippen molar-refractivity contribution < 1.29 is 0 Å². The molecule has 6 heteroatoms. The number of aromatic nitrogens is 4. The number of nitrogens with zero attached hydrogens (tertiary/aromatic N) is 6. The largest absolute Gasteiger partial charge is 0.309 e. The standard InChI is InChI=1S/C54H32N6/c1-56-45-32-37(54-57-51(35-18-6-2-7-19-35)44(34-55)52(58-54)36-20-8-3-9-21-36)30-31-40(45)43-33-48-50(42-27-15-16-28-46(42)59(48)38-22-10-4-11-23-38)53-49(43)41-26-14-17-29-47(41)60(53)39-24-12-5-13-25-39/h2-33H. The van der Waals surface area contributed by atoms with E-state index >= 15 is 0 Å². The highest BCUT2D eigenvalue weighted by atomic mass is 15.0. The van der Waals surface area contributed by atoms with Crippen LogP contribution in [0.1, 0.15) is 5.56 Å². The molecule has 0 spiro atoms. The predicted octanol–water partition coefficient (Wildman–Crippen LogP) is 13.8. The number of para-hydroxylation sites is 4. The number of rotatable bonds is 6. The highest BCUT2D eigenvalue weighted by Crippen LogP contribution is 2.48. The first kappa shape index (κ1) is 34.7. The van der Waals surface area contributed by atoms with E-state index in [4.69, 9.17) is 16.5 Å². The minimum atomic E-state index is 0.400. The van der Waals surface area contributed by atoms with E-state index in [0.29, 0.717) is 34.0 Å². The molecule has 0 radical (unpaired) electrons. The maximum atomic E-state index is 10.5. The van der Waals surface area contributed by atoms with Crippen LogP contribution in [0.2, 0.25) is 0 Å². The zero-order valence-corrected chi connectivity index (χ0v) is 32.2. The van der Waals surface area contributed by atoms with Gasteiger partial charge in [0.05, 0.1) is 40.0 Å². The molecule has 0 fully saturated rings.